The van der Waals surface area contributed by atoms with Gasteiger partial charge in [0.15, 0.2) is 0 Å². The van der Waals surface area contributed by atoms with E-state index in [-0.39, 0.29) is 0 Å². The zero-order valence-corrected chi connectivity index (χ0v) is 12.3. The molecule has 2 aromatic heterocycles. The first-order valence-corrected chi connectivity index (χ1v) is 7.23. The monoisotopic (exact) mass is 263 g/mol. The fraction of sp³-hybridized carbons (Fsp3) is 0.500. The highest BCUT2D eigenvalue weighted by Gasteiger charge is 2.09. The third-order valence-electron chi connectivity index (χ3n) is 3.17. The second-order valence-electron chi connectivity index (χ2n) is 4.67. The molecule has 0 fully saturated rings. The third kappa shape index (κ3) is 3.00. The molecule has 0 spiro atoms. The molecule has 98 valence electrons. The van der Waals surface area contributed by atoms with Crippen molar-refractivity contribution in [3.05, 3.63) is 39.3 Å². The Hall–Kier alpha value is -1.13. The highest BCUT2D eigenvalue weighted by Crippen LogP contribution is 2.23. The molecule has 0 bridgehead atoms. The lowest BCUT2D eigenvalue weighted by atomic mass is 10.2. The summed E-state index contributed by atoms with van der Waals surface area (Å²) in [4.78, 5) is 2.87. The molecule has 2 aromatic rings. The van der Waals surface area contributed by atoms with Crippen LogP contribution in [-0.2, 0) is 20.0 Å². The van der Waals surface area contributed by atoms with E-state index in [0.717, 1.165) is 18.7 Å². The van der Waals surface area contributed by atoms with Crippen molar-refractivity contribution < 1.29 is 0 Å². The molecule has 0 aliphatic carbocycles. The van der Waals surface area contributed by atoms with Gasteiger partial charge in [-0.1, -0.05) is 6.92 Å². The molecule has 1 N–H and O–H groups in total. The van der Waals surface area contributed by atoms with E-state index in [1.807, 2.05) is 23.1 Å². The lowest BCUT2D eigenvalue weighted by Gasteiger charge is -2.11. The smallest absolute Gasteiger partial charge is 0.0638 e. The van der Waals surface area contributed by atoms with Gasteiger partial charge in [0.25, 0.3) is 0 Å². The van der Waals surface area contributed by atoms with Gasteiger partial charge in [-0.25, -0.2) is 0 Å². The van der Waals surface area contributed by atoms with Crippen LogP contribution in [0.3, 0.4) is 0 Å². The topological polar surface area (TPSA) is 29.9 Å². The van der Waals surface area contributed by atoms with Gasteiger partial charge >= 0.3 is 0 Å². The fourth-order valence-corrected chi connectivity index (χ4v) is 2.98. The van der Waals surface area contributed by atoms with Gasteiger partial charge in [-0.3, -0.25) is 4.68 Å². The predicted molar refractivity (Wildman–Crippen MR) is 76.9 cm³/mol. The maximum absolute atomic E-state index is 4.36. The van der Waals surface area contributed by atoms with Crippen LogP contribution in [0.4, 0.5) is 0 Å². The molecule has 2 rings (SSSR count). The molecule has 0 aliphatic rings. The molecule has 3 nitrogen and oxygen atoms in total. The molecule has 1 atom stereocenters. The molecule has 0 saturated carbocycles. The number of hydrogen-bond donors (Lipinski definition) is 1. The van der Waals surface area contributed by atoms with Gasteiger partial charge in [-0.2, -0.15) is 5.10 Å². The summed E-state index contributed by atoms with van der Waals surface area (Å²) < 4.78 is 1.87. The van der Waals surface area contributed by atoms with Crippen LogP contribution in [0.2, 0.25) is 0 Å². The molecule has 18 heavy (non-hydrogen) atoms. The Labute approximate surface area is 113 Å². The average Bonchev–Trinajstić information content (AvgIpc) is 2.93. The number of rotatable bonds is 5. The van der Waals surface area contributed by atoms with Crippen LogP contribution in [-0.4, -0.2) is 9.78 Å². The first-order valence-electron chi connectivity index (χ1n) is 6.41. The van der Waals surface area contributed by atoms with Crippen LogP contribution < -0.4 is 5.32 Å². The largest absolute Gasteiger partial charge is 0.305 e. The summed E-state index contributed by atoms with van der Waals surface area (Å²) in [6.45, 7) is 7.35. The minimum absolute atomic E-state index is 0.398. The van der Waals surface area contributed by atoms with Crippen LogP contribution in [0.5, 0.6) is 0 Å². The molecular formula is C14H21N3S. The van der Waals surface area contributed by atoms with E-state index < -0.39 is 0 Å². The van der Waals surface area contributed by atoms with E-state index in [1.165, 1.54) is 15.3 Å². The lowest BCUT2D eigenvalue weighted by molar-refractivity contribution is 0.581. The Balaban J connectivity index is 1.95. The summed E-state index contributed by atoms with van der Waals surface area (Å²) in [5, 5.41) is 7.92. The molecule has 1 unspecified atom stereocenters. The number of hydrogen-bond acceptors (Lipinski definition) is 3. The van der Waals surface area contributed by atoms with Crippen molar-refractivity contribution in [2.24, 2.45) is 7.05 Å². The van der Waals surface area contributed by atoms with Crippen molar-refractivity contribution in [1.29, 1.82) is 0 Å². The van der Waals surface area contributed by atoms with Gasteiger partial charge in [-0.05, 0) is 32.4 Å². The second kappa shape index (κ2) is 5.67. The predicted octanol–water partition coefficient (Wildman–Crippen LogP) is 3.20. The van der Waals surface area contributed by atoms with E-state index in [1.54, 1.807) is 0 Å². The van der Waals surface area contributed by atoms with Crippen molar-refractivity contribution in [3.8, 4) is 0 Å². The fourth-order valence-electron chi connectivity index (χ4n) is 2.00. The summed E-state index contributed by atoms with van der Waals surface area (Å²) in [6, 6.07) is 4.86. The molecule has 0 saturated heterocycles. The van der Waals surface area contributed by atoms with Gasteiger partial charge in [0.2, 0.25) is 0 Å². The van der Waals surface area contributed by atoms with Crippen LogP contribution in [0.15, 0.2) is 18.3 Å². The highest BCUT2D eigenvalue weighted by atomic mass is 32.1. The minimum atomic E-state index is 0.398. The number of nitrogens with one attached hydrogen (secondary N) is 1. The van der Waals surface area contributed by atoms with Gasteiger partial charge in [0.1, 0.15) is 0 Å². The Morgan fingerprint density at radius 2 is 2.22 bits per heavy atom. The van der Waals surface area contributed by atoms with Gasteiger partial charge in [0, 0.05) is 41.1 Å². The second-order valence-corrected chi connectivity index (χ2v) is 5.87. The summed E-state index contributed by atoms with van der Waals surface area (Å²) >= 11 is 1.90. The van der Waals surface area contributed by atoms with Gasteiger partial charge in [0.05, 0.1) is 5.69 Å². The van der Waals surface area contributed by atoms with Gasteiger partial charge < -0.3 is 5.32 Å². The molecule has 4 heteroatoms. The van der Waals surface area contributed by atoms with E-state index in [9.17, 15) is 0 Å². The number of nitrogens with zero attached hydrogens (tertiary/aromatic N) is 2. The van der Waals surface area contributed by atoms with Crippen LogP contribution >= 0.6 is 11.3 Å². The molecule has 0 aliphatic heterocycles. The number of aromatic nitrogens is 2. The first-order chi connectivity index (χ1) is 8.60. The van der Waals surface area contributed by atoms with Crippen molar-refractivity contribution >= 4 is 11.3 Å². The third-order valence-corrected chi connectivity index (χ3v) is 4.58. The van der Waals surface area contributed by atoms with Crippen LogP contribution in [0, 0.1) is 6.92 Å². The lowest BCUT2D eigenvalue weighted by Crippen LogP contribution is -2.17. The van der Waals surface area contributed by atoms with E-state index in [0.29, 0.717) is 6.04 Å². The SMILES string of the molecule is CCc1ccc(C(C)NCc2cn(C)nc2C)s1. The van der Waals surface area contributed by atoms with Gasteiger partial charge in [-0.15, -0.1) is 11.3 Å². The molecule has 2 heterocycles. The van der Waals surface area contributed by atoms with Crippen molar-refractivity contribution in [1.82, 2.24) is 15.1 Å². The molecule has 0 amide bonds. The molecular weight excluding hydrogens is 242 g/mol. The summed E-state index contributed by atoms with van der Waals surface area (Å²) in [7, 11) is 1.97. The van der Waals surface area contributed by atoms with E-state index >= 15 is 0 Å². The Morgan fingerprint density at radius 1 is 1.44 bits per heavy atom. The first kappa shape index (κ1) is 13.3. The Morgan fingerprint density at radius 3 is 2.78 bits per heavy atom. The zero-order valence-electron chi connectivity index (χ0n) is 11.5. The number of thiophene rings is 1. The van der Waals surface area contributed by atoms with E-state index in [2.05, 4.69) is 49.5 Å². The van der Waals surface area contributed by atoms with Crippen molar-refractivity contribution in [3.63, 3.8) is 0 Å². The summed E-state index contributed by atoms with van der Waals surface area (Å²) in [5.41, 5.74) is 2.38. The average molecular weight is 263 g/mol. The maximum Gasteiger partial charge on any atom is 0.0638 e. The maximum atomic E-state index is 4.36. The standard InChI is InChI=1S/C14H21N3S/c1-5-13-6-7-14(18-13)11(3)15-8-12-9-17(4)16-10(12)2/h6-7,9,11,15H,5,8H2,1-4H3. The number of aryl methyl sites for hydroxylation is 3. The molecule has 0 radical (unpaired) electrons. The van der Waals surface area contributed by atoms with Crippen molar-refractivity contribution in [2.45, 2.75) is 39.8 Å². The zero-order chi connectivity index (χ0) is 13.1. The van der Waals surface area contributed by atoms with Crippen LogP contribution in [0.25, 0.3) is 0 Å². The quantitative estimate of drug-likeness (QED) is 0.897. The Bertz CT molecular complexity index is 513. The van der Waals surface area contributed by atoms with E-state index in [4.69, 9.17) is 0 Å². The minimum Gasteiger partial charge on any atom is -0.305 e. The summed E-state index contributed by atoms with van der Waals surface area (Å²) in [6.07, 6.45) is 3.21. The molecule has 0 aromatic carbocycles. The van der Waals surface area contributed by atoms with Crippen LogP contribution in [0.1, 0.15) is 40.9 Å². The summed E-state index contributed by atoms with van der Waals surface area (Å²) in [5.74, 6) is 0. The van der Waals surface area contributed by atoms with Crippen molar-refractivity contribution in [2.75, 3.05) is 0 Å². The highest BCUT2D eigenvalue weighted by molar-refractivity contribution is 7.12. The normalized spacial score (nSPS) is 12.9. The Kier molecular flexibility index (Phi) is 4.19.